The van der Waals surface area contributed by atoms with Gasteiger partial charge in [-0.3, -0.25) is 4.99 Å². The van der Waals surface area contributed by atoms with Crippen molar-refractivity contribution < 1.29 is 4.74 Å². The number of aliphatic imine (C=N–C) groups is 1. The highest BCUT2D eigenvalue weighted by Crippen LogP contribution is 2.36. The van der Waals surface area contributed by atoms with Crippen LogP contribution >= 0.6 is 11.3 Å². The van der Waals surface area contributed by atoms with Gasteiger partial charge in [-0.25, -0.2) is 0 Å². The molecular weight excluding hydrogens is 210 g/mol. The van der Waals surface area contributed by atoms with Gasteiger partial charge in [-0.2, -0.15) is 0 Å². The van der Waals surface area contributed by atoms with Crippen LogP contribution in [0.1, 0.15) is 17.4 Å². The van der Waals surface area contributed by atoms with Crippen LogP contribution in [0, 0.1) is 0 Å². The molecule has 0 saturated carbocycles. The van der Waals surface area contributed by atoms with Crippen molar-refractivity contribution in [1.82, 2.24) is 0 Å². The highest BCUT2D eigenvalue weighted by Gasteiger charge is 2.33. The van der Waals surface area contributed by atoms with E-state index in [1.165, 1.54) is 10.4 Å². The second-order valence-corrected chi connectivity index (χ2v) is 4.83. The van der Waals surface area contributed by atoms with Crippen LogP contribution in [0.4, 0.5) is 0 Å². The number of thiophene rings is 1. The van der Waals surface area contributed by atoms with Crippen LogP contribution in [-0.2, 0) is 16.8 Å². The number of fused-ring (bicyclic) bond motifs is 1. The number of nitrogens with two attached hydrogens (primary N) is 2. The fourth-order valence-corrected chi connectivity index (χ4v) is 2.81. The molecule has 0 aromatic carbocycles. The molecule has 0 spiro atoms. The molecule has 0 aliphatic carbocycles. The van der Waals surface area contributed by atoms with Crippen molar-refractivity contribution in [2.75, 3.05) is 13.2 Å². The zero-order valence-electron chi connectivity index (χ0n) is 8.69. The fraction of sp³-hybridized carbons (Fsp3) is 0.500. The molecule has 2 rings (SSSR count). The van der Waals surface area contributed by atoms with E-state index in [0.29, 0.717) is 6.54 Å². The molecule has 0 saturated heterocycles. The Morgan fingerprint density at radius 1 is 1.67 bits per heavy atom. The molecule has 1 unspecified atom stereocenters. The normalized spacial score (nSPS) is 24.6. The average molecular weight is 225 g/mol. The summed E-state index contributed by atoms with van der Waals surface area (Å²) in [6.07, 6.45) is 0.990. The summed E-state index contributed by atoms with van der Waals surface area (Å²) in [6.45, 7) is 3.26. The van der Waals surface area contributed by atoms with Gasteiger partial charge in [0.1, 0.15) is 5.60 Å². The molecule has 2 heterocycles. The molecule has 82 valence electrons. The molecule has 5 heteroatoms. The molecule has 0 amide bonds. The van der Waals surface area contributed by atoms with Gasteiger partial charge in [0.05, 0.1) is 13.2 Å². The minimum Gasteiger partial charge on any atom is -0.370 e. The number of nitrogens with zero attached hydrogens (tertiary/aromatic N) is 1. The maximum absolute atomic E-state index is 5.79. The molecule has 1 aromatic rings. The van der Waals surface area contributed by atoms with Crippen molar-refractivity contribution in [3.8, 4) is 0 Å². The maximum Gasteiger partial charge on any atom is 0.186 e. The predicted octanol–water partition coefficient (Wildman–Crippen LogP) is 0.809. The Hall–Kier alpha value is -1.07. The van der Waals surface area contributed by atoms with Crippen molar-refractivity contribution in [3.05, 3.63) is 21.9 Å². The lowest BCUT2D eigenvalue weighted by molar-refractivity contribution is -0.0374. The average Bonchev–Trinajstić information content (AvgIpc) is 2.65. The monoisotopic (exact) mass is 225 g/mol. The summed E-state index contributed by atoms with van der Waals surface area (Å²) in [5.74, 6) is 0.113. The van der Waals surface area contributed by atoms with Crippen LogP contribution in [0.5, 0.6) is 0 Å². The van der Waals surface area contributed by atoms with Crippen LogP contribution in [0.15, 0.2) is 16.4 Å². The number of hydrogen-bond acceptors (Lipinski definition) is 3. The summed E-state index contributed by atoms with van der Waals surface area (Å²) >= 11 is 1.77. The molecule has 0 bridgehead atoms. The van der Waals surface area contributed by atoms with Crippen molar-refractivity contribution in [3.63, 3.8) is 0 Å². The Morgan fingerprint density at radius 3 is 3.20 bits per heavy atom. The van der Waals surface area contributed by atoms with Gasteiger partial charge in [-0.15, -0.1) is 11.3 Å². The van der Waals surface area contributed by atoms with Gasteiger partial charge in [0.15, 0.2) is 5.96 Å². The lowest BCUT2D eigenvalue weighted by Crippen LogP contribution is -2.36. The van der Waals surface area contributed by atoms with Crippen LogP contribution < -0.4 is 11.5 Å². The minimum atomic E-state index is -0.364. The first-order valence-electron chi connectivity index (χ1n) is 4.88. The van der Waals surface area contributed by atoms with E-state index < -0.39 is 0 Å². The Kier molecular flexibility index (Phi) is 2.67. The number of guanidine groups is 1. The second kappa shape index (κ2) is 3.83. The Morgan fingerprint density at radius 2 is 2.47 bits per heavy atom. The maximum atomic E-state index is 5.79. The molecule has 1 atom stereocenters. The molecule has 4 nitrogen and oxygen atoms in total. The van der Waals surface area contributed by atoms with Gasteiger partial charge in [-0.05, 0) is 23.9 Å². The van der Waals surface area contributed by atoms with E-state index in [1.54, 1.807) is 11.3 Å². The third-order valence-electron chi connectivity index (χ3n) is 2.63. The molecule has 15 heavy (non-hydrogen) atoms. The predicted molar refractivity (Wildman–Crippen MR) is 62.0 cm³/mol. The molecule has 1 aliphatic heterocycles. The Balaban J connectivity index is 2.27. The lowest BCUT2D eigenvalue weighted by Gasteiger charge is -2.32. The first-order valence-corrected chi connectivity index (χ1v) is 5.76. The van der Waals surface area contributed by atoms with Gasteiger partial charge in [0.25, 0.3) is 0 Å². The number of ether oxygens (including phenoxy) is 1. The standard InChI is InChI=1S/C10H15N3OS/c1-10(6-13-9(11)12)7-3-5-15-8(7)2-4-14-10/h3,5H,2,4,6H2,1H3,(H4,11,12,13). The summed E-state index contributed by atoms with van der Waals surface area (Å²) in [6, 6.07) is 2.10. The van der Waals surface area contributed by atoms with E-state index >= 15 is 0 Å². The van der Waals surface area contributed by atoms with Crippen molar-refractivity contribution in [1.29, 1.82) is 0 Å². The number of hydrogen-bond donors (Lipinski definition) is 2. The van der Waals surface area contributed by atoms with Gasteiger partial charge < -0.3 is 16.2 Å². The highest BCUT2D eigenvalue weighted by molar-refractivity contribution is 7.10. The summed E-state index contributed by atoms with van der Waals surface area (Å²) in [5, 5.41) is 2.09. The molecule has 0 fully saturated rings. The van der Waals surface area contributed by atoms with Crippen LogP contribution in [0.2, 0.25) is 0 Å². The zero-order valence-corrected chi connectivity index (χ0v) is 9.51. The van der Waals surface area contributed by atoms with Gasteiger partial charge in [0.2, 0.25) is 0 Å². The quantitative estimate of drug-likeness (QED) is 0.578. The molecule has 1 aromatic heterocycles. The first kappa shape index (κ1) is 10.4. The SMILES string of the molecule is CC1(CN=C(N)N)OCCc2sccc21. The van der Waals surface area contributed by atoms with Gasteiger partial charge in [0, 0.05) is 11.3 Å². The van der Waals surface area contributed by atoms with Gasteiger partial charge >= 0.3 is 0 Å². The van der Waals surface area contributed by atoms with Crippen molar-refractivity contribution in [2.24, 2.45) is 16.5 Å². The summed E-state index contributed by atoms with van der Waals surface area (Å²) in [7, 11) is 0. The third kappa shape index (κ3) is 1.98. The van der Waals surface area contributed by atoms with E-state index in [4.69, 9.17) is 16.2 Å². The molecule has 1 aliphatic rings. The van der Waals surface area contributed by atoms with E-state index in [1.807, 2.05) is 6.92 Å². The van der Waals surface area contributed by atoms with Crippen LogP contribution in [-0.4, -0.2) is 19.1 Å². The summed E-state index contributed by atoms with van der Waals surface area (Å²) in [5.41, 5.74) is 11.5. The van der Waals surface area contributed by atoms with Crippen molar-refractivity contribution >= 4 is 17.3 Å². The third-order valence-corrected chi connectivity index (χ3v) is 3.61. The summed E-state index contributed by atoms with van der Waals surface area (Å²) in [4.78, 5) is 5.43. The van der Waals surface area contributed by atoms with E-state index in [2.05, 4.69) is 16.4 Å². The largest absolute Gasteiger partial charge is 0.370 e. The minimum absolute atomic E-state index is 0.113. The van der Waals surface area contributed by atoms with Crippen LogP contribution in [0.25, 0.3) is 0 Å². The molecule has 4 N–H and O–H groups in total. The highest BCUT2D eigenvalue weighted by atomic mass is 32.1. The van der Waals surface area contributed by atoms with Crippen molar-refractivity contribution in [2.45, 2.75) is 18.9 Å². The molecule has 0 radical (unpaired) electrons. The Bertz CT molecular complexity index is 384. The Labute approximate surface area is 92.9 Å². The van der Waals surface area contributed by atoms with E-state index in [-0.39, 0.29) is 11.6 Å². The van der Waals surface area contributed by atoms with E-state index in [0.717, 1.165) is 13.0 Å². The van der Waals surface area contributed by atoms with Crippen LogP contribution in [0.3, 0.4) is 0 Å². The second-order valence-electron chi connectivity index (χ2n) is 3.83. The smallest absolute Gasteiger partial charge is 0.186 e. The van der Waals surface area contributed by atoms with E-state index in [9.17, 15) is 0 Å². The zero-order chi connectivity index (χ0) is 10.9. The summed E-state index contributed by atoms with van der Waals surface area (Å²) < 4.78 is 5.79. The van der Waals surface area contributed by atoms with Gasteiger partial charge in [-0.1, -0.05) is 0 Å². The lowest BCUT2D eigenvalue weighted by atomic mass is 9.93. The topological polar surface area (TPSA) is 73.6 Å². The first-order chi connectivity index (χ1) is 7.12. The number of rotatable bonds is 2. The molecular formula is C10H15N3OS. The fourth-order valence-electron chi connectivity index (χ4n) is 1.83.